The van der Waals surface area contributed by atoms with E-state index in [1.807, 2.05) is 6.20 Å². The van der Waals surface area contributed by atoms with Gasteiger partial charge in [0, 0.05) is 50.3 Å². The Hall–Kier alpha value is -0.410. The van der Waals surface area contributed by atoms with E-state index in [0.717, 1.165) is 58.0 Å². The number of aliphatic imine (C=N–C) groups is 1. The summed E-state index contributed by atoms with van der Waals surface area (Å²) in [6.45, 7) is 10.8. The highest BCUT2D eigenvalue weighted by molar-refractivity contribution is 14.0. The molecule has 1 aliphatic heterocycles. The van der Waals surface area contributed by atoms with Crippen molar-refractivity contribution in [1.82, 2.24) is 15.2 Å². The largest absolute Gasteiger partial charge is 0.378 e. The van der Waals surface area contributed by atoms with E-state index in [0.29, 0.717) is 6.10 Å². The van der Waals surface area contributed by atoms with Crippen LogP contribution in [0, 0.1) is 6.92 Å². The van der Waals surface area contributed by atoms with Gasteiger partial charge in [0.25, 0.3) is 0 Å². The Kier molecular flexibility index (Phi) is 10.0. The van der Waals surface area contributed by atoms with Gasteiger partial charge in [-0.3, -0.25) is 4.99 Å². The molecule has 1 aromatic heterocycles. The van der Waals surface area contributed by atoms with Crippen LogP contribution in [0.3, 0.4) is 0 Å². The zero-order chi connectivity index (χ0) is 15.8. The molecule has 0 aromatic carbocycles. The van der Waals surface area contributed by atoms with Gasteiger partial charge in [-0.2, -0.15) is 0 Å². The Morgan fingerprint density at radius 1 is 1.43 bits per heavy atom. The minimum atomic E-state index is 0. The Morgan fingerprint density at radius 3 is 2.74 bits per heavy atom. The van der Waals surface area contributed by atoms with Crippen molar-refractivity contribution in [3.05, 3.63) is 16.1 Å². The summed E-state index contributed by atoms with van der Waals surface area (Å²) < 4.78 is 5.72. The van der Waals surface area contributed by atoms with E-state index in [-0.39, 0.29) is 24.0 Å². The molecule has 0 aliphatic carbocycles. The number of likely N-dealkylation sites (tertiary alicyclic amines) is 1. The van der Waals surface area contributed by atoms with E-state index < -0.39 is 0 Å². The number of nitrogens with zero attached hydrogens (tertiary/aromatic N) is 3. The lowest BCUT2D eigenvalue weighted by Gasteiger charge is -2.34. The number of hydrogen-bond donors (Lipinski definition) is 1. The van der Waals surface area contributed by atoms with Crippen molar-refractivity contribution < 1.29 is 4.74 Å². The van der Waals surface area contributed by atoms with Gasteiger partial charge in [0.05, 0.1) is 11.1 Å². The van der Waals surface area contributed by atoms with E-state index in [9.17, 15) is 0 Å². The minimum absolute atomic E-state index is 0. The lowest BCUT2D eigenvalue weighted by Crippen LogP contribution is -2.47. The van der Waals surface area contributed by atoms with Gasteiger partial charge in [-0.1, -0.05) is 0 Å². The lowest BCUT2D eigenvalue weighted by atomic mass is 10.1. The van der Waals surface area contributed by atoms with Crippen molar-refractivity contribution >= 4 is 41.3 Å². The summed E-state index contributed by atoms with van der Waals surface area (Å²) in [4.78, 5) is 12.8. The van der Waals surface area contributed by atoms with Crippen molar-refractivity contribution in [1.29, 1.82) is 0 Å². The van der Waals surface area contributed by atoms with Crippen LogP contribution in [-0.4, -0.2) is 54.7 Å². The molecule has 5 nitrogen and oxygen atoms in total. The average molecular weight is 452 g/mol. The molecule has 0 atom stereocenters. The Bertz CT molecular complexity index is 472. The van der Waals surface area contributed by atoms with Crippen LogP contribution in [0.15, 0.2) is 11.2 Å². The van der Waals surface area contributed by atoms with Gasteiger partial charge in [0.15, 0.2) is 5.96 Å². The smallest absolute Gasteiger partial charge is 0.193 e. The fraction of sp³-hybridized carbons (Fsp3) is 0.750. The van der Waals surface area contributed by atoms with Crippen molar-refractivity contribution in [2.45, 2.75) is 46.1 Å². The molecule has 1 aromatic rings. The van der Waals surface area contributed by atoms with E-state index in [4.69, 9.17) is 9.73 Å². The molecule has 0 bridgehead atoms. The Balaban J connectivity index is 0.00000264. The Labute approximate surface area is 160 Å². The molecule has 1 aliphatic rings. The molecule has 0 radical (unpaired) electrons. The monoisotopic (exact) mass is 452 g/mol. The second-order valence-electron chi connectivity index (χ2n) is 5.49. The highest BCUT2D eigenvalue weighted by Gasteiger charge is 2.21. The number of halogens is 1. The molecule has 23 heavy (non-hydrogen) atoms. The Morgan fingerprint density at radius 2 is 2.17 bits per heavy atom. The van der Waals surface area contributed by atoms with Crippen LogP contribution in [0.5, 0.6) is 0 Å². The first-order valence-electron chi connectivity index (χ1n) is 8.29. The van der Waals surface area contributed by atoms with Crippen molar-refractivity contribution in [3.63, 3.8) is 0 Å². The number of nitrogens with one attached hydrogen (secondary N) is 1. The quantitative estimate of drug-likeness (QED) is 0.410. The SMILES string of the molecule is CCNC(=NCCc1ncc(C)s1)N1CCC(OCC)CC1.I. The molecule has 0 spiro atoms. The number of ether oxygens (including phenoxy) is 1. The first-order chi connectivity index (χ1) is 10.7. The summed E-state index contributed by atoms with van der Waals surface area (Å²) in [6.07, 6.45) is 5.45. The van der Waals surface area contributed by atoms with Gasteiger partial charge in [0.2, 0.25) is 0 Å². The molecular weight excluding hydrogens is 423 g/mol. The molecule has 1 fully saturated rings. The number of aryl methyl sites for hydroxylation is 1. The van der Waals surface area contributed by atoms with E-state index in [2.05, 4.69) is 36.0 Å². The summed E-state index contributed by atoms with van der Waals surface area (Å²) in [5.74, 6) is 1.03. The second kappa shape index (κ2) is 11.2. The van der Waals surface area contributed by atoms with Gasteiger partial charge in [-0.05, 0) is 33.6 Å². The molecule has 0 amide bonds. The second-order valence-corrected chi connectivity index (χ2v) is 6.81. The summed E-state index contributed by atoms with van der Waals surface area (Å²) in [6, 6.07) is 0. The van der Waals surface area contributed by atoms with Gasteiger partial charge >= 0.3 is 0 Å². The van der Waals surface area contributed by atoms with Crippen LogP contribution in [-0.2, 0) is 11.2 Å². The third kappa shape index (κ3) is 6.93. The number of rotatable bonds is 6. The average Bonchev–Trinajstić information content (AvgIpc) is 2.93. The topological polar surface area (TPSA) is 49.8 Å². The van der Waals surface area contributed by atoms with Crippen LogP contribution < -0.4 is 5.32 Å². The highest BCUT2D eigenvalue weighted by atomic mass is 127. The minimum Gasteiger partial charge on any atom is -0.378 e. The van der Waals surface area contributed by atoms with Crippen molar-refractivity contribution in [3.8, 4) is 0 Å². The fourth-order valence-corrected chi connectivity index (χ4v) is 3.45. The molecule has 7 heteroatoms. The van der Waals surface area contributed by atoms with Crippen LogP contribution in [0.2, 0.25) is 0 Å². The van der Waals surface area contributed by atoms with Gasteiger partial charge in [-0.25, -0.2) is 4.98 Å². The zero-order valence-corrected chi connectivity index (χ0v) is 17.5. The maximum absolute atomic E-state index is 5.72. The van der Waals surface area contributed by atoms with Crippen LogP contribution in [0.25, 0.3) is 0 Å². The maximum Gasteiger partial charge on any atom is 0.193 e. The number of piperidine rings is 1. The molecular formula is C16H29IN4OS. The summed E-state index contributed by atoms with van der Waals surface area (Å²) in [5, 5.41) is 4.58. The summed E-state index contributed by atoms with van der Waals surface area (Å²) in [5.41, 5.74) is 0. The third-order valence-electron chi connectivity index (χ3n) is 3.74. The zero-order valence-electron chi connectivity index (χ0n) is 14.4. The van der Waals surface area contributed by atoms with Gasteiger partial charge < -0.3 is 15.0 Å². The molecule has 2 heterocycles. The van der Waals surface area contributed by atoms with E-state index in [1.54, 1.807) is 11.3 Å². The normalized spacial score (nSPS) is 16.3. The molecule has 0 saturated carbocycles. The molecule has 132 valence electrons. The van der Waals surface area contributed by atoms with Crippen molar-refractivity contribution in [2.24, 2.45) is 4.99 Å². The van der Waals surface area contributed by atoms with E-state index >= 15 is 0 Å². The number of thiazole rings is 1. The molecule has 2 rings (SSSR count). The molecule has 1 saturated heterocycles. The molecule has 1 N–H and O–H groups in total. The van der Waals surface area contributed by atoms with Gasteiger partial charge in [0.1, 0.15) is 0 Å². The highest BCUT2D eigenvalue weighted by Crippen LogP contribution is 2.14. The first kappa shape index (κ1) is 20.6. The standard InChI is InChI=1S/C16H28N4OS.HI/c1-4-17-16(18-9-6-15-19-12-13(3)22-15)20-10-7-14(8-11-20)21-5-2;/h12,14H,4-11H2,1-3H3,(H,17,18);1H. The van der Waals surface area contributed by atoms with Crippen LogP contribution in [0.4, 0.5) is 0 Å². The maximum atomic E-state index is 5.72. The first-order valence-corrected chi connectivity index (χ1v) is 9.10. The fourth-order valence-electron chi connectivity index (χ4n) is 2.67. The summed E-state index contributed by atoms with van der Waals surface area (Å²) in [7, 11) is 0. The number of guanidine groups is 1. The lowest BCUT2D eigenvalue weighted by molar-refractivity contribution is 0.0264. The molecule has 0 unspecified atom stereocenters. The van der Waals surface area contributed by atoms with Gasteiger partial charge in [-0.15, -0.1) is 35.3 Å². The third-order valence-corrected chi connectivity index (χ3v) is 4.71. The van der Waals surface area contributed by atoms with E-state index in [1.165, 1.54) is 9.88 Å². The predicted molar refractivity (Wildman–Crippen MR) is 108 cm³/mol. The van der Waals surface area contributed by atoms with Crippen LogP contribution in [0.1, 0.15) is 36.6 Å². The van der Waals surface area contributed by atoms with Crippen LogP contribution >= 0.6 is 35.3 Å². The number of aromatic nitrogens is 1. The number of hydrogen-bond acceptors (Lipinski definition) is 4. The predicted octanol–water partition coefficient (Wildman–Crippen LogP) is 3.08. The van der Waals surface area contributed by atoms with Crippen molar-refractivity contribution in [2.75, 3.05) is 32.8 Å². The summed E-state index contributed by atoms with van der Waals surface area (Å²) >= 11 is 1.76.